The fourth-order valence-corrected chi connectivity index (χ4v) is 3.13. The number of carboxylic acid groups (broad SMARTS) is 1. The van der Waals surface area contributed by atoms with Crippen molar-refractivity contribution >= 4 is 41.5 Å². The Labute approximate surface area is 198 Å². The van der Waals surface area contributed by atoms with Gasteiger partial charge in [-0.05, 0) is 65.0 Å². The molecule has 8 N–H and O–H groups in total. The fraction of sp³-hybridized carbons (Fsp3) is 0.750. The SMILES string of the molecule is CSCC[C@H](NC(=O)OC(C)(C)C)C(=O)N[C@@H](CC(N)=O)C(=O)N[C@@H](CCCCN)C(=O)O. The number of hydrogen-bond donors (Lipinski definition) is 6. The summed E-state index contributed by atoms with van der Waals surface area (Å²) in [6.07, 6.45) is 1.87. The van der Waals surface area contributed by atoms with Crippen LogP contribution in [0.25, 0.3) is 0 Å². The van der Waals surface area contributed by atoms with Gasteiger partial charge in [0.1, 0.15) is 23.7 Å². The smallest absolute Gasteiger partial charge is 0.408 e. The lowest BCUT2D eigenvalue weighted by atomic mass is 10.1. The van der Waals surface area contributed by atoms with Crippen molar-refractivity contribution in [2.45, 2.75) is 76.6 Å². The second kappa shape index (κ2) is 15.3. The lowest BCUT2D eigenvalue weighted by Gasteiger charge is -2.25. The molecular weight excluding hydrogens is 454 g/mol. The summed E-state index contributed by atoms with van der Waals surface area (Å²) in [5.74, 6) is -3.21. The van der Waals surface area contributed by atoms with Gasteiger partial charge in [-0.25, -0.2) is 9.59 Å². The van der Waals surface area contributed by atoms with Crippen LogP contribution >= 0.6 is 11.8 Å². The van der Waals surface area contributed by atoms with Gasteiger partial charge in [-0.1, -0.05) is 0 Å². The molecule has 0 aliphatic carbocycles. The van der Waals surface area contributed by atoms with Crippen molar-refractivity contribution in [1.82, 2.24) is 16.0 Å². The first-order valence-electron chi connectivity index (χ1n) is 10.6. The number of aliphatic carboxylic acids is 1. The average Bonchev–Trinajstić information content (AvgIpc) is 2.67. The third-order valence-corrected chi connectivity index (χ3v) is 4.86. The normalized spacial score (nSPS) is 13.8. The van der Waals surface area contributed by atoms with Crippen molar-refractivity contribution in [3.05, 3.63) is 0 Å². The molecule has 0 aliphatic heterocycles. The number of primary amides is 1. The minimum Gasteiger partial charge on any atom is -0.480 e. The molecule has 33 heavy (non-hydrogen) atoms. The van der Waals surface area contributed by atoms with Crippen LogP contribution in [0.1, 0.15) is 52.9 Å². The van der Waals surface area contributed by atoms with E-state index in [2.05, 4.69) is 16.0 Å². The highest BCUT2D eigenvalue weighted by Crippen LogP contribution is 2.09. The molecule has 3 atom stereocenters. The van der Waals surface area contributed by atoms with Gasteiger partial charge >= 0.3 is 12.1 Å². The Kier molecular flexibility index (Phi) is 14.1. The number of nitrogens with two attached hydrogens (primary N) is 2. The Morgan fingerprint density at radius 3 is 2.00 bits per heavy atom. The van der Waals surface area contributed by atoms with Gasteiger partial charge in [0.05, 0.1) is 6.42 Å². The summed E-state index contributed by atoms with van der Waals surface area (Å²) in [6, 6.07) is -3.68. The molecule has 0 radical (unpaired) electrons. The molecule has 0 rings (SSSR count). The molecule has 0 aromatic rings. The minimum absolute atomic E-state index is 0.131. The highest BCUT2D eigenvalue weighted by atomic mass is 32.2. The monoisotopic (exact) mass is 491 g/mol. The van der Waals surface area contributed by atoms with Crippen LogP contribution in [0.5, 0.6) is 0 Å². The maximum absolute atomic E-state index is 12.8. The van der Waals surface area contributed by atoms with E-state index in [1.54, 1.807) is 20.8 Å². The topological polar surface area (TPSA) is 203 Å². The summed E-state index contributed by atoms with van der Waals surface area (Å²) < 4.78 is 5.18. The maximum atomic E-state index is 12.8. The number of ether oxygens (including phenoxy) is 1. The first-order chi connectivity index (χ1) is 15.3. The second-order valence-corrected chi connectivity index (χ2v) is 9.38. The molecule has 0 bridgehead atoms. The van der Waals surface area contributed by atoms with Gasteiger partial charge in [0.15, 0.2) is 0 Å². The van der Waals surface area contributed by atoms with E-state index in [0.29, 0.717) is 25.1 Å². The molecule has 190 valence electrons. The quantitative estimate of drug-likeness (QED) is 0.166. The van der Waals surface area contributed by atoms with Gasteiger partial charge in [-0.2, -0.15) is 11.8 Å². The summed E-state index contributed by atoms with van der Waals surface area (Å²) in [5.41, 5.74) is 9.83. The first kappa shape index (κ1) is 30.5. The van der Waals surface area contributed by atoms with Crippen molar-refractivity contribution in [2.75, 3.05) is 18.6 Å². The maximum Gasteiger partial charge on any atom is 0.408 e. The van der Waals surface area contributed by atoms with Crippen LogP contribution < -0.4 is 27.4 Å². The second-order valence-electron chi connectivity index (χ2n) is 8.40. The van der Waals surface area contributed by atoms with Crippen LogP contribution in [-0.2, 0) is 23.9 Å². The number of hydrogen-bond acceptors (Lipinski definition) is 8. The molecule has 0 saturated heterocycles. The third kappa shape index (κ3) is 14.3. The number of unbranched alkanes of at least 4 members (excludes halogenated alkanes) is 1. The van der Waals surface area contributed by atoms with E-state index in [-0.39, 0.29) is 12.8 Å². The number of alkyl carbamates (subject to hydrolysis) is 1. The molecule has 0 saturated carbocycles. The molecule has 0 aliphatic rings. The molecule has 0 unspecified atom stereocenters. The lowest BCUT2D eigenvalue weighted by molar-refractivity contribution is -0.142. The summed E-state index contributed by atoms with van der Waals surface area (Å²) in [7, 11) is 0. The zero-order valence-corrected chi connectivity index (χ0v) is 20.5. The van der Waals surface area contributed by atoms with Gasteiger partial charge in [-0.15, -0.1) is 0 Å². The summed E-state index contributed by atoms with van der Waals surface area (Å²) in [6.45, 7) is 5.39. The van der Waals surface area contributed by atoms with Crippen LogP contribution in [0.4, 0.5) is 4.79 Å². The number of carboxylic acids is 1. The zero-order valence-electron chi connectivity index (χ0n) is 19.6. The molecule has 0 heterocycles. The molecule has 0 aromatic carbocycles. The number of rotatable bonds is 15. The van der Waals surface area contributed by atoms with E-state index in [1.807, 2.05) is 6.26 Å². The predicted octanol–water partition coefficient (Wildman–Crippen LogP) is -0.309. The largest absolute Gasteiger partial charge is 0.480 e. The van der Waals surface area contributed by atoms with Gasteiger partial charge in [-0.3, -0.25) is 14.4 Å². The summed E-state index contributed by atoms with van der Waals surface area (Å²) in [4.78, 5) is 60.6. The average molecular weight is 492 g/mol. The molecular formula is C20H37N5O7S. The Morgan fingerprint density at radius 2 is 1.52 bits per heavy atom. The molecule has 0 aromatic heterocycles. The van der Waals surface area contributed by atoms with E-state index in [4.69, 9.17) is 16.2 Å². The number of thioether (sulfide) groups is 1. The van der Waals surface area contributed by atoms with E-state index in [0.717, 1.165) is 0 Å². The fourth-order valence-electron chi connectivity index (χ4n) is 2.66. The predicted molar refractivity (Wildman–Crippen MR) is 124 cm³/mol. The van der Waals surface area contributed by atoms with Crippen LogP contribution in [0, 0.1) is 0 Å². The van der Waals surface area contributed by atoms with Gasteiger partial charge in [0, 0.05) is 0 Å². The van der Waals surface area contributed by atoms with Crippen LogP contribution in [0.2, 0.25) is 0 Å². The number of nitrogens with one attached hydrogen (secondary N) is 3. The van der Waals surface area contributed by atoms with Crippen LogP contribution in [-0.4, -0.2) is 77.2 Å². The molecule has 0 spiro atoms. The Hall–Kier alpha value is -2.54. The lowest BCUT2D eigenvalue weighted by Crippen LogP contribution is -2.57. The molecule has 13 heteroatoms. The number of amides is 4. The molecule has 4 amide bonds. The van der Waals surface area contributed by atoms with E-state index in [9.17, 15) is 29.1 Å². The van der Waals surface area contributed by atoms with Crippen LogP contribution in [0.15, 0.2) is 0 Å². The highest BCUT2D eigenvalue weighted by Gasteiger charge is 2.31. The molecule has 0 fully saturated rings. The van der Waals surface area contributed by atoms with Crippen molar-refractivity contribution in [3.63, 3.8) is 0 Å². The summed E-state index contributed by atoms with van der Waals surface area (Å²) >= 11 is 1.44. The van der Waals surface area contributed by atoms with E-state index < -0.39 is 59.9 Å². The Balaban J connectivity index is 5.39. The zero-order chi connectivity index (χ0) is 25.6. The van der Waals surface area contributed by atoms with Gasteiger partial charge < -0.3 is 37.3 Å². The van der Waals surface area contributed by atoms with Crippen LogP contribution in [0.3, 0.4) is 0 Å². The Bertz CT molecular complexity index is 684. The molecule has 12 nitrogen and oxygen atoms in total. The highest BCUT2D eigenvalue weighted by molar-refractivity contribution is 7.98. The number of carbonyl (C=O) groups is 5. The van der Waals surface area contributed by atoms with Gasteiger partial charge in [0.25, 0.3) is 0 Å². The minimum atomic E-state index is -1.41. The van der Waals surface area contributed by atoms with E-state index in [1.165, 1.54) is 11.8 Å². The first-order valence-corrected chi connectivity index (χ1v) is 12.0. The van der Waals surface area contributed by atoms with Crippen molar-refractivity contribution < 1.29 is 33.8 Å². The summed E-state index contributed by atoms with van der Waals surface area (Å²) in [5, 5.41) is 16.5. The van der Waals surface area contributed by atoms with Crippen molar-refractivity contribution in [2.24, 2.45) is 11.5 Å². The standard InChI is InChI=1S/C20H37N5O7S/c1-20(2,3)32-19(31)25-12(8-10-33-4)16(27)24-14(11-15(22)26)17(28)23-13(18(29)30)7-5-6-9-21/h12-14H,5-11,21H2,1-4H3,(H2,22,26)(H,23,28)(H,24,27)(H,25,31)(H,29,30)/t12-,13-,14-/m0/s1. The Morgan fingerprint density at radius 1 is 0.939 bits per heavy atom. The number of carbonyl (C=O) groups excluding carboxylic acids is 4. The van der Waals surface area contributed by atoms with E-state index >= 15 is 0 Å². The van der Waals surface area contributed by atoms with Gasteiger partial charge in [0.2, 0.25) is 17.7 Å². The third-order valence-electron chi connectivity index (χ3n) is 4.22. The van der Waals surface area contributed by atoms with Crippen molar-refractivity contribution in [1.29, 1.82) is 0 Å². The van der Waals surface area contributed by atoms with Crippen molar-refractivity contribution in [3.8, 4) is 0 Å².